The van der Waals surface area contributed by atoms with Crippen molar-refractivity contribution in [2.45, 2.75) is 26.7 Å². The van der Waals surface area contributed by atoms with Gasteiger partial charge in [0.25, 0.3) is 0 Å². The van der Waals surface area contributed by atoms with E-state index in [0.717, 1.165) is 25.9 Å². The van der Waals surface area contributed by atoms with Crippen LogP contribution >= 0.6 is 0 Å². The first-order chi connectivity index (χ1) is 11.3. The highest BCUT2D eigenvalue weighted by Gasteiger charge is 1.98. The molecule has 0 aliphatic carbocycles. The van der Waals surface area contributed by atoms with Crippen molar-refractivity contribution >= 4 is 11.1 Å². The first kappa shape index (κ1) is 17.2. The van der Waals surface area contributed by atoms with Gasteiger partial charge in [0.1, 0.15) is 0 Å². The van der Waals surface area contributed by atoms with Crippen LogP contribution in [0.15, 0.2) is 72.8 Å². The van der Waals surface area contributed by atoms with Crippen LogP contribution in [0.2, 0.25) is 0 Å². The minimum Gasteiger partial charge on any atom is -0.310 e. The Balaban J connectivity index is 1.89. The minimum absolute atomic E-state index is 0.903. The van der Waals surface area contributed by atoms with Crippen molar-refractivity contribution in [3.8, 4) is 0 Å². The number of nitrogens with one attached hydrogen (secondary N) is 1. The van der Waals surface area contributed by atoms with Crippen LogP contribution in [0, 0.1) is 0 Å². The molecule has 0 heterocycles. The zero-order chi connectivity index (χ0) is 16.3. The predicted molar refractivity (Wildman–Crippen MR) is 102 cm³/mol. The van der Waals surface area contributed by atoms with Gasteiger partial charge in [-0.05, 0) is 35.1 Å². The number of benzene rings is 2. The van der Waals surface area contributed by atoms with Crippen LogP contribution in [0.3, 0.4) is 0 Å². The van der Waals surface area contributed by atoms with Crippen LogP contribution in [0.1, 0.15) is 37.8 Å². The molecule has 2 rings (SSSR count). The normalized spacial score (nSPS) is 12.4. The third-order valence-electron chi connectivity index (χ3n) is 4.04. The van der Waals surface area contributed by atoms with Gasteiger partial charge in [-0.1, -0.05) is 86.7 Å². The van der Waals surface area contributed by atoms with Crippen molar-refractivity contribution in [1.29, 1.82) is 0 Å². The first-order valence-corrected chi connectivity index (χ1v) is 8.54. The van der Waals surface area contributed by atoms with Crippen molar-refractivity contribution < 1.29 is 0 Å². The van der Waals surface area contributed by atoms with Crippen LogP contribution in [0.4, 0.5) is 0 Å². The van der Waals surface area contributed by atoms with E-state index >= 15 is 0 Å². The second kappa shape index (κ2) is 9.81. The van der Waals surface area contributed by atoms with Gasteiger partial charge in [0.15, 0.2) is 0 Å². The summed E-state index contributed by atoms with van der Waals surface area (Å²) in [5.74, 6) is 0. The van der Waals surface area contributed by atoms with Gasteiger partial charge >= 0.3 is 0 Å². The molecule has 0 aliphatic rings. The van der Waals surface area contributed by atoms with Gasteiger partial charge in [-0.15, -0.1) is 0 Å². The molecule has 0 bridgehead atoms. The summed E-state index contributed by atoms with van der Waals surface area (Å²) in [4.78, 5) is 0. The predicted octanol–water partition coefficient (Wildman–Crippen LogP) is 5.56. The Hall–Kier alpha value is -2.12. The molecule has 120 valence electrons. The van der Waals surface area contributed by atoms with Crippen LogP contribution in [-0.4, -0.2) is 13.1 Å². The molecular formula is C22H27N. The third kappa shape index (κ3) is 5.54. The average molecular weight is 305 g/mol. The largest absolute Gasteiger partial charge is 0.310 e. The van der Waals surface area contributed by atoms with Gasteiger partial charge in [0, 0.05) is 13.1 Å². The minimum atomic E-state index is 0.903. The smallest absolute Gasteiger partial charge is 0.0143 e. The molecule has 23 heavy (non-hydrogen) atoms. The lowest BCUT2D eigenvalue weighted by Gasteiger charge is -2.07. The van der Waals surface area contributed by atoms with Crippen molar-refractivity contribution in [2.24, 2.45) is 0 Å². The highest BCUT2D eigenvalue weighted by molar-refractivity contribution is 5.66. The van der Waals surface area contributed by atoms with E-state index in [4.69, 9.17) is 0 Å². The van der Waals surface area contributed by atoms with E-state index < -0.39 is 0 Å². The van der Waals surface area contributed by atoms with E-state index in [9.17, 15) is 0 Å². The average Bonchev–Trinajstić information content (AvgIpc) is 2.63. The van der Waals surface area contributed by atoms with E-state index in [1.807, 2.05) is 0 Å². The quantitative estimate of drug-likeness (QED) is 0.629. The highest BCUT2D eigenvalue weighted by Crippen LogP contribution is 2.17. The molecule has 0 aromatic heterocycles. The second-order valence-electron chi connectivity index (χ2n) is 5.56. The fourth-order valence-corrected chi connectivity index (χ4v) is 2.71. The van der Waals surface area contributed by atoms with Crippen molar-refractivity contribution in [3.63, 3.8) is 0 Å². The molecule has 1 heteroatoms. The maximum Gasteiger partial charge on any atom is 0.0143 e. The number of hydrogen-bond donors (Lipinski definition) is 1. The van der Waals surface area contributed by atoms with Crippen molar-refractivity contribution in [2.75, 3.05) is 13.1 Å². The van der Waals surface area contributed by atoms with Crippen molar-refractivity contribution in [3.05, 3.63) is 83.9 Å². The zero-order valence-electron chi connectivity index (χ0n) is 14.3. The molecule has 2 aromatic carbocycles. The molecule has 0 aliphatic heterocycles. The first-order valence-electron chi connectivity index (χ1n) is 8.54. The van der Waals surface area contributed by atoms with Gasteiger partial charge in [-0.3, -0.25) is 0 Å². The second-order valence-corrected chi connectivity index (χ2v) is 5.56. The van der Waals surface area contributed by atoms with Crippen LogP contribution in [-0.2, 0) is 0 Å². The molecule has 0 unspecified atom stereocenters. The molecule has 0 amide bonds. The lowest BCUT2D eigenvalue weighted by molar-refractivity contribution is 0.841. The summed E-state index contributed by atoms with van der Waals surface area (Å²) in [7, 11) is 0. The molecule has 2 aromatic rings. The summed E-state index contributed by atoms with van der Waals surface area (Å²) in [6.07, 6.45) is 6.73. The zero-order valence-corrected chi connectivity index (χ0v) is 14.3. The molecule has 0 atom stereocenters. The lowest BCUT2D eigenvalue weighted by atomic mass is 10.0. The number of allylic oxidation sites excluding steroid dienone is 2. The van der Waals surface area contributed by atoms with Gasteiger partial charge in [-0.2, -0.15) is 0 Å². The summed E-state index contributed by atoms with van der Waals surface area (Å²) >= 11 is 0. The van der Waals surface area contributed by atoms with E-state index in [2.05, 4.69) is 92.0 Å². The number of hydrogen-bond acceptors (Lipinski definition) is 1. The highest BCUT2D eigenvalue weighted by atomic mass is 14.8. The summed E-state index contributed by atoms with van der Waals surface area (Å²) in [5, 5.41) is 3.50. The standard InChI is InChI=1S/C22H27N/c1-3-19(21-11-7-5-8-12-21)15-17-23-18-16-20(4-2)22-13-9-6-10-14-22/h5-16,23H,3-4,17-18H2,1-2H3. The van der Waals surface area contributed by atoms with E-state index in [1.54, 1.807) is 0 Å². The summed E-state index contributed by atoms with van der Waals surface area (Å²) in [6, 6.07) is 21.3. The molecule has 0 saturated heterocycles. The Kier molecular flexibility index (Phi) is 7.35. The van der Waals surface area contributed by atoms with E-state index in [0.29, 0.717) is 0 Å². The maximum atomic E-state index is 3.50. The van der Waals surface area contributed by atoms with E-state index in [1.165, 1.54) is 22.3 Å². The molecule has 0 spiro atoms. The van der Waals surface area contributed by atoms with Crippen LogP contribution in [0.25, 0.3) is 11.1 Å². The van der Waals surface area contributed by atoms with E-state index in [-0.39, 0.29) is 0 Å². The Morgan fingerprint density at radius 3 is 1.43 bits per heavy atom. The summed E-state index contributed by atoms with van der Waals surface area (Å²) in [6.45, 7) is 6.23. The topological polar surface area (TPSA) is 12.0 Å². The molecule has 1 N–H and O–H groups in total. The summed E-state index contributed by atoms with van der Waals surface area (Å²) in [5.41, 5.74) is 5.46. The molecule has 0 saturated carbocycles. The van der Waals surface area contributed by atoms with Gasteiger partial charge < -0.3 is 5.32 Å². The van der Waals surface area contributed by atoms with Crippen molar-refractivity contribution in [1.82, 2.24) is 5.32 Å². The van der Waals surface area contributed by atoms with Gasteiger partial charge in [0.05, 0.1) is 0 Å². The molecule has 0 radical (unpaired) electrons. The Morgan fingerprint density at radius 2 is 1.09 bits per heavy atom. The SMILES string of the molecule is CCC(=CCNCC=C(CC)c1ccccc1)c1ccccc1. The van der Waals surface area contributed by atoms with Crippen LogP contribution < -0.4 is 5.32 Å². The molecule has 0 fully saturated rings. The lowest BCUT2D eigenvalue weighted by Crippen LogP contribution is -2.14. The Labute approximate surface area is 140 Å². The molecule has 1 nitrogen and oxygen atoms in total. The summed E-state index contributed by atoms with van der Waals surface area (Å²) < 4.78 is 0. The third-order valence-corrected chi connectivity index (χ3v) is 4.04. The van der Waals surface area contributed by atoms with Gasteiger partial charge in [-0.25, -0.2) is 0 Å². The monoisotopic (exact) mass is 305 g/mol. The maximum absolute atomic E-state index is 3.50. The fraction of sp³-hybridized carbons (Fsp3) is 0.273. The Bertz CT molecular complexity index is 566. The Morgan fingerprint density at radius 1 is 0.696 bits per heavy atom. The number of rotatable bonds is 8. The molecular weight excluding hydrogens is 278 g/mol. The van der Waals surface area contributed by atoms with Crippen LogP contribution in [0.5, 0.6) is 0 Å². The fourth-order valence-electron chi connectivity index (χ4n) is 2.71. The van der Waals surface area contributed by atoms with Gasteiger partial charge in [0.2, 0.25) is 0 Å².